The third kappa shape index (κ3) is 5.56. The third-order valence-electron chi connectivity index (χ3n) is 5.19. The van der Waals surface area contributed by atoms with Crippen LogP contribution in [0.2, 0.25) is 0 Å². The van der Waals surface area contributed by atoms with Crippen LogP contribution >= 0.6 is 0 Å². The van der Waals surface area contributed by atoms with E-state index in [2.05, 4.69) is 50.4 Å². The van der Waals surface area contributed by atoms with E-state index in [4.69, 9.17) is 5.73 Å². The topological polar surface area (TPSA) is 75.4 Å². The zero-order valence-corrected chi connectivity index (χ0v) is 16.3. The molecule has 1 heterocycles. The van der Waals surface area contributed by atoms with E-state index >= 15 is 0 Å². The molecule has 1 aliphatic rings. The van der Waals surface area contributed by atoms with Crippen LogP contribution in [0.3, 0.4) is 0 Å². The van der Waals surface area contributed by atoms with E-state index in [1.54, 1.807) is 4.90 Å². The fourth-order valence-electron chi connectivity index (χ4n) is 3.66. The number of primary amides is 1. The standard InChI is InChI=1S/C21H33N3O2/c1-4-6-16-8-10-17(11-9-16)20(15(2)3)23-13-19(25)24-12-5-7-18(14-24)21(22)26/h8-11,15,18,20,23H,4-7,12-14H2,1-3H3,(H2,22,26). The smallest absolute Gasteiger partial charge is 0.236 e. The Morgan fingerprint density at radius 3 is 2.54 bits per heavy atom. The van der Waals surface area contributed by atoms with Gasteiger partial charge in [0.2, 0.25) is 11.8 Å². The molecule has 1 aliphatic heterocycles. The number of piperidine rings is 1. The SMILES string of the molecule is CCCc1ccc(C(NCC(=O)N2CCCC(C(N)=O)C2)C(C)C)cc1. The average Bonchev–Trinajstić information content (AvgIpc) is 2.63. The Bertz CT molecular complexity index is 598. The normalized spacial score (nSPS) is 18.8. The van der Waals surface area contributed by atoms with Crippen LogP contribution in [0.25, 0.3) is 0 Å². The van der Waals surface area contributed by atoms with Crippen molar-refractivity contribution in [2.45, 2.75) is 52.5 Å². The van der Waals surface area contributed by atoms with Gasteiger partial charge in [-0.25, -0.2) is 0 Å². The number of nitrogens with zero attached hydrogens (tertiary/aromatic N) is 1. The summed E-state index contributed by atoms with van der Waals surface area (Å²) in [7, 11) is 0. The van der Waals surface area contributed by atoms with E-state index in [-0.39, 0.29) is 30.3 Å². The number of amides is 2. The Kier molecular flexibility index (Phi) is 7.64. The predicted molar refractivity (Wildman–Crippen MR) is 105 cm³/mol. The van der Waals surface area contributed by atoms with Crippen LogP contribution in [0.5, 0.6) is 0 Å². The lowest BCUT2D eigenvalue weighted by Gasteiger charge is -2.32. The Morgan fingerprint density at radius 2 is 1.96 bits per heavy atom. The molecule has 0 aliphatic carbocycles. The molecule has 0 radical (unpaired) electrons. The maximum absolute atomic E-state index is 12.6. The molecule has 0 spiro atoms. The third-order valence-corrected chi connectivity index (χ3v) is 5.19. The van der Waals surface area contributed by atoms with Crippen LogP contribution in [-0.2, 0) is 16.0 Å². The van der Waals surface area contributed by atoms with E-state index in [9.17, 15) is 9.59 Å². The summed E-state index contributed by atoms with van der Waals surface area (Å²) < 4.78 is 0. The van der Waals surface area contributed by atoms with Crippen molar-refractivity contribution in [1.82, 2.24) is 10.2 Å². The minimum atomic E-state index is -0.303. The van der Waals surface area contributed by atoms with Gasteiger partial charge in [-0.15, -0.1) is 0 Å². The Balaban J connectivity index is 1.95. The molecule has 5 heteroatoms. The van der Waals surface area contributed by atoms with Crippen LogP contribution in [0.4, 0.5) is 0 Å². The highest BCUT2D eigenvalue weighted by Gasteiger charge is 2.27. The zero-order chi connectivity index (χ0) is 19.1. The molecular formula is C21H33N3O2. The van der Waals surface area contributed by atoms with Gasteiger partial charge in [-0.3, -0.25) is 9.59 Å². The van der Waals surface area contributed by atoms with E-state index in [1.807, 2.05) is 0 Å². The van der Waals surface area contributed by atoms with Gasteiger partial charge in [0, 0.05) is 19.1 Å². The second kappa shape index (κ2) is 9.72. The number of carbonyl (C=O) groups is 2. The molecule has 26 heavy (non-hydrogen) atoms. The molecule has 2 unspecified atom stereocenters. The molecule has 5 nitrogen and oxygen atoms in total. The summed E-state index contributed by atoms with van der Waals surface area (Å²) in [5.41, 5.74) is 7.97. The number of rotatable bonds is 8. The molecule has 2 amide bonds. The highest BCUT2D eigenvalue weighted by Crippen LogP contribution is 2.23. The predicted octanol–water partition coefficient (Wildman–Crippen LogP) is 2.65. The van der Waals surface area contributed by atoms with Crippen molar-refractivity contribution in [3.63, 3.8) is 0 Å². The molecule has 1 aromatic carbocycles. The summed E-state index contributed by atoms with van der Waals surface area (Å²) in [5.74, 6) is -0.0915. The first kappa shape index (κ1) is 20.4. The second-order valence-corrected chi connectivity index (χ2v) is 7.68. The van der Waals surface area contributed by atoms with Gasteiger partial charge in [0.1, 0.15) is 0 Å². The molecule has 1 saturated heterocycles. The van der Waals surface area contributed by atoms with Crippen molar-refractivity contribution in [1.29, 1.82) is 0 Å². The number of aryl methyl sites for hydroxylation is 1. The number of benzene rings is 1. The summed E-state index contributed by atoms with van der Waals surface area (Å²) in [6, 6.07) is 8.82. The van der Waals surface area contributed by atoms with E-state index in [1.165, 1.54) is 11.1 Å². The number of hydrogen-bond acceptors (Lipinski definition) is 3. The lowest BCUT2D eigenvalue weighted by molar-refractivity contribution is -0.134. The molecule has 0 aromatic heterocycles. The van der Waals surface area contributed by atoms with E-state index in [0.717, 1.165) is 25.7 Å². The van der Waals surface area contributed by atoms with Crippen molar-refractivity contribution in [3.8, 4) is 0 Å². The molecule has 3 N–H and O–H groups in total. The van der Waals surface area contributed by atoms with Gasteiger partial charge in [-0.1, -0.05) is 51.5 Å². The zero-order valence-electron chi connectivity index (χ0n) is 16.3. The van der Waals surface area contributed by atoms with Crippen molar-refractivity contribution >= 4 is 11.8 Å². The quantitative estimate of drug-likeness (QED) is 0.749. The van der Waals surface area contributed by atoms with E-state index < -0.39 is 0 Å². The monoisotopic (exact) mass is 359 g/mol. The van der Waals surface area contributed by atoms with Gasteiger partial charge < -0.3 is 16.0 Å². The summed E-state index contributed by atoms with van der Waals surface area (Å²) in [5, 5.41) is 3.42. The average molecular weight is 360 g/mol. The number of nitrogens with two attached hydrogens (primary N) is 1. The Morgan fingerprint density at radius 1 is 1.27 bits per heavy atom. The summed E-state index contributed by atoms with van der Waals surface area (Å²) in [4.78, 5) is 25.8. The summed E-state index contributed by atoms with van der Waals surface area (Å²) in [6.07, 6.45) is 3.85. The molecule has 144 valence electrons. The lowest BCUT2D eigenvalue weighted by atomic mass is 9.94. The second-order valence-electron chi connectivity index (χ2n) is 7.68. The van der Waals surface area contributed by atoms with Crippen LogP contribution in [0.15, 0.2) is 24.3 Å². The highest BCUT2D eigenvalue weighted by atomic mass is 16.2. The van der Waals surface area contributed by atoms with Crippen LogP contribution in [0.1, 0.15) is 57.2 Å². The number of likely N-dealkylation sites (tertiary alicyclic amines) is 1. The van der Waals surface area contributed by atoms with Gasteiger partial charge in [-0.2, -0.15) is 0 Å². The van der Waals surface area contributed by atoms with Gasteiger partial charge in [-0.05, 0) is 36.3 Å². The Hall–Kier alpha value is -1.88. The van der Waals surface area contributed by atoms with E-state index in [0.29, 0.717) is 19.0 Å². The molecule has 0 saturated carbocycles. The highest BCUT2D eigenvalue weighted by molar-refractivity contribution is 5.81. The fourth-order valence-corrected chi connectivity index (χ4v) is 3.66. The van der Waals surface area contributed by atoms with Crippen molar-refractivity contribution in [2.75, 3.05) is 19.6 Å². The Labute approximate surface area is 157 Å². The first-order valence-corrected chi connectivity index (χ1v) is 9.81. The van der Waals surface area contributed by atoms with Crippen LogP contribution in [-0.4, -0.2) is 36.3 Å². The molecular weight excluding hydrogens is 326 g/mol. The molecule has 1 fully saturated rings. The van der Waals surface area contributed by atoms with Gasteiger partial charge in [0.05, 0.1) is 12.5 Å². The summed E-state index contributed by atoms with van der Waals surface area (Å²) >= 11 is 0. The van der Waals surface area contributed by atoms with Crippen LogP contribution < -0.4 is 11.1 Å². The first-order valence-electron chi connectivity index (χ1n) is 9.81. The first-order chi connectivity index (χ1) is 12.4. The van der Waals surface area contributed by atoms with Gasteiger partial charge in [0.15, 0.2) is 0 Å². The minimum absolute atomic E-state index is 0.0456. The maximum atomic E-state index is 12.6. The summed E-state index contributed by atoms with van der Waals surface area (Å²) in [6.45, 7) is 7.95. The van der Waals surface area contributed by atoms with Crippen LogP contribution in [0, 0.1) is 11.8 Å². The largest absolute Gasteiger partial charge is 0.369 e. The van der Waals surface area contributed by atoms with Crippen molar-refractivity contribution in [3.05, 3.63) is 35.4 Å². The molecule has 0 bridgehead atoms. The van der Waals surface area contributed by atoms with Crippen molar-refractivity contribution in [2.24, 2.45) is 17.6 Å². The molecule has 2 atom stereocenters. The number of nitrogens with one attached hydrogen (secondary N) is 1. The number of hydrogen-bond donors (Lipinski definition) is 2. The minimum Gasteiger partial charge on any atom is -0.369 e. The maximum Gasteiger partial charge on any atom is 0.236 e. The van der Waals surface area contributed by atoms with Gasteiger partial charge >= 0.3 is 0 Å². The molecule has 1 aromatic rings. The van der Waals surface area contributed by atoms with Crippen molar-refractivity contribution < 1.29 is 9.59 Å². The van der Waals surface area contributed by atoms with Gasteiger partial charge in [0.25, 0.3) is 0 Å². The molecule has 2 rings (SSSR count). The lowest BCUT2D eigenvalue weighted by Crippen LogP contribution is -2.47. The fraction of sp³-hybridized carbons (Fsp3) is 0.619. The number of carbonyl (C=O) groups excluding carboxylic acids is 2.